The highest BCUT2D eigenvalue weighted by Gasteiger charge is 2.12. The van der Waals surface area contributed by atoms with Crippen LogP contribution < -0.4 is 14.8 Å². The van der Waals surface area contributed by atoms with Crippen molar-refractivity contribution < 1.29 is 9.47 Å². The molecule has 0 radical (unpaired) electrons. The lowest BCUT2D eigenvalue weighted by atomic mass is 10.2. The number of hydrogen-bond acceptors (Lipinski definition) is 9. The normalized spacial score (nSPS) is 10.8. The third kappa shape index (κ3) is 4.60. The Hall–Kier alpha value is -4.02. The van der Waals surface area contributed by atoms with E-state index < -0.39 is 0 Å². The van der Waals surface area contributed by atoms with Crippen molar-refractivity contribution in [2.45, 2.75) is 33.5 Å². The molecule has 0 amide bonds. The molecule has 2 aromatic heterocycles. The number of anilines is 1. The Balaban J connectivity index is 1.44. The van der Waals surface area contributed by atoms with Gasteiger partial charge in [0.05, 0.1) is 12.8 Å². The number of nitrogens with zero attached hydrogens (tertiary/aromatic N) is 8. The van der Waals surface area contributed by atoms with Crippen LogP contribution in [0.1, 0.15) is 23.9 Å². The first kappa shape index (κ1) is 20.3. The van der Waals surface area contributed by atoms with Crippen LogP contribution in [0.3, 0.4) is 0 Å². The molecule has 2 aromatic carbocycles. The van der Waals surface area contributed by atoms with E-state index in [1.165, 1.54) is 5.56 Å². The molecule has 4 aromatic rings. The van der Waals surface area contributed by atoms with E-state index in [0.717, 1.165) is 11.3 Å². The largest absolute Gasteiger partial charge is 0.493 e. The molecule has 11 nitrogen and oxygen atoms in total. The van der Waals surface area contributed by atoms with Gasteiger partial charge in [-0.1, -0.05) is 28.9 Å². The molecule has 0 atom stereocenters. The predicted molar refractivity (Wildman–Crippen MR) is 112 cm³/mol. The summed E-state index contributed by atoms with van der Waals surface area (Å²) in [6.07, 6.45) is 0. The fourth-order valence-corrected chi connectivity index (χ4v) is 2.99. The first-order valence-corrected chi connectivity index (χ1v) is 9.82. The standard InChI is InChI=1S/C20H23N9O2/c1-4-28-20(23-25-26-28)21-12-15-7-10-17(18(11-15)30-3)31-13-19-22-24-27-29(19)16-8-5-14(2)6-9-16/h5-11H,4,12-13H2,1-3H3,(H,21,23,26). The van der Waals surface area contributed by atoms with Crippen LogP contribution in [0.25, 0.3) is 5.69 Å². The fourth-order valence-electron chi connectivity index (χ4n) is 2.99. The molecular weight excluding hydrogens is 398 g/mol. The van der Waals surface area contributed by atoms with E-state index in [1.807, 2.05) is 56.3 Å². The number of methoxy groups -OCH3 is 1. The number of tetrazole rings is 2. The molecule has 0 bridgehead atoms. The summed E-state index contributed by atoms with van der Waals surface area (Å²) < 4.78 is 14.8. The average Bonchev–Trinajstić information content (AvgIpc) is 3.46. The molecule has 2 heterocycles. The van der Waals surface area contributed by atoms with Crippen molar-refractivity contribution in [3.63, 3.8) is 0 Å². The number of benzene rings is 2. The third-order valence-electron chi connectivity index (χ3n) is 4.68. The lowest BCUT2D eigenvalue weighted by Crippen LogP contribution is -2.09. The van der Waals surface area contributed by atoms with Gasteiger partial charge >= 0.3 is 0 Å². The van der Waals surface area contributed by atoms with Gasteiger partial charge in [-0.05, 0) is 64.5 Å². The molecule has 0 saturated carbocycles. The molecule has 0 aliphatic carbocycles. The van der Waals surface area contributed by atoms with E-state index in [0.29, 0.717) is 36.4 Å². The van der Waals surface area contributed by atoms with Gasteiger partial charge in [0.15, 0.2) is 23.9 Å². The maximum absolute atomic E-state index is 5.95. The molecule has 160 valence electrons. The lowest BCUT2D eigenvalue weighted by molar-refractivity contribution is 0.273. The Bertz CT molecular complexity index is 1140. The van der Waals surface area contributed by atoms with Gasteiger partial charge in [-0.3, -0.25) is 0 Å². The van der Waals surface area contributed by atoms with Crippen LogP contribution in [0.15, 0.2) is 42.5 Å². The van der Waals surface area contributed by atoms with Gasteiger partial charge in [-0.25, -0.2) is 4.68 Å². The van der Waals surface area contributed by atoms with Crippen LogP contribution in [-0.2, 0) is 19.7 Å². The Morgan fingerprint density at radius 2 is 1.77 bits per heavy atom. The highest BCUT2D eigenvalue weighted by molar-refractivity contribution is 5.44. The van der Waals surface area contributed by atoms with Gasteiger partial charge in [0.25, 0.3) is 0 Å². The summed E-state index contributed by atoms with van der Waals surface area (Å²) in [6.45, 7) is 5.44. The molecule has 4 rings (SSSR count). The zero-order valence-electron chi connectivity index (χ0n) is 17.6. The SMILES string of the molecule is CCn1nnnc1NCc1ccc(OCc2nnnn2-c2ccc(C)cc2)c(OC)c1. The molecule has 0 spiro atoms. The second-order valence-electron chi connectivity index (χ2n) is 6.79. The monoisotopic (exact) mass is 421 g/mol. The quantitative estimate of drug-likeness (QED) is 0.434. The number of ether oxygens (including phenoxy) is 2. The highest BCUT2D eigenvalue weighted by Crippen LogP contribution is 2.29. The summed E-state index contributed by atoms with van der Waals surface area (Å²) in [5, 5.41) is 26.7. The molecule has 0 saturated heterocycles. The predicted octanol–water partition coefficient (Wildman–Crippen LogP) is 2.18. The molecule has 11 heteroatoms. The van der Waals surface area contributed by atoms with Crippen molar-refractivity contribution in [3.8, 4) is 17.2 Å². The van der Waals surface area contributed by atoms with Gasteiger partial charge < -0.3 is 14.8 Å². The van der Waals surface area contributed by atoms with E-state index in [2.05, 4.69) is 36.4 Å². The van der Waals surface area contributed by atoms with Crippen molar-refractivity contribution in [2.24, 2.45) is 0 Å². The van der Waals surface area contributed by atoms with E-state index in [9.17, 15) is 0 Å². The summed E-state index contributed by atoms with van der Waals surface area (Å²) in [7, 11) is 1.60. The zero-order chi connectivity index (χ0) is 21.6. The van der Waals surface area contributed by atoms with Gasteiger partial charge in [-0.2, -0.15) is 4.68 Å². The van der Waals surface area contributed by atoms with Crippen molar-refractivity contribution in [3.05, 3.63) is 59.4 Å². The number of aromatic nitrogens is 8. The smallest absolute Gasteiger partial charge is 0.243 e. The summed E-state index contributed by atoms with van der Waals surface area (Å²) in [5.74, 6) is 2.42. The van der Waals surface area contributed by atoms with Crippen LogP contribution in [0.4, 0.5) is 5.95 Å². The molecule has 0 aliphatic heterocycles. The topological polar surface area (TPSA) is 118 Å². The molecule has 1 N–H and O–H groups in total. The maximum atomic E-state index is 5.95. The first-order chi connectivity index (χ1) is 15.2. The van der Waals surface area contributed by atoms with Gasteiger partial charge in [0.2, 0.25) is 5.95 Å². The van der Waals surface area contributed by atoms with E-state index in [4.69, 9.17) is 9.47 Å². The van der Waals surface area contributed by atoms with Crippen LogP contribution in [0.5, 0.6) is 11.5 Å². The van der Waals surface area contributed by atoms with Crippen LogP contribution in [0.2, 0.25) is 0 Å². The summed E-state index contributed by atoms with van der Waals surface area (Å²) in [4.78, 5) is 0. The van der Waals surface area contributed by atoms with Crippen molar-refractivity contribution >= 4 is 5.95 Å². The highest BCUT2D eigenvalue weighted by atomic mass is 16.5. The van der Waals surface area contributed by atoms with E-state index >= 15 is 0 Å². The van der Waals surface area contributed by atoms with E-state index in [-0.39, 0.29) is 6.61 Å². The Kier molecular flexibility index (Phi) is 6.01. The second-order valence-corrected chi connectivity index (χ2v) is 6.79. The Labute approximate surface area is 179 Å². The van der Waals surface area contributed by atoms with Crippen molar-refractivity contribution in [1.82, 2.24) is 40.4 Å². The van der Waals surface area contributed by atoms with E-state index in [1.54, 1.807) is 16.5 Å². The Morgan fingerprint density at radius 1 is 0.968 bits per heavy atom. The zero-order valence-corrected chi connectivity index (χ0v) is 17.6. The Morgan fingerprint density at radius 3 is 2.55 bits per heavy atom. The average molecular weight is 421 g/mol. The number of aryl methyl sites for hydroxylation is 2. The van der Waals surface area contributed by atoms with Crippen LogP contribution in [0, 0.1) is 6.92 Å². The van der Waals surface area contributed by atoms with Crippen LogP contribution >= 0.6 is 0 Å². The molecule has 0 fully saturated rings. The minimum Gasteiger partial charge on any atom is -0.493 e. The van der Waals surface area contributed by atoms with Gasteiger partial charge in [-0.15, -0.1) is 5.10 Å². The molecular formula is C20H23N9O2. The summed E-state index contributed by atoms with van der Waals surface area (Å²) in [6, 6.07) is 13.7. The number of nitrogens with one attached hydrogen (secondary N) is 1. The summed E-state index contributed by atoms with van der Waals surface area (Å²) in [5.41, 5.74) is 3.04. The summed E-state index contributed by atoms with van der Waals surface area (Å²) >= 11 is 0. The second kappa shape index (κ2) is 9.20. The molecule has 0 unspecified atom stereocenters. The maximum Gasteiger partial charge on any atom is 0.243 e. The van der Waals surface area contributed by atoms with Gasteiger partial charge in [0, 0.05) is 13.1 Å². The minimum atomic E-state index is 0.195. The lowest BCUT2D eigenvalue weighted by Gasteiger charge is -2.13. The molecule has 31 heavy (non-hydrogen) atoms. The fraction of sp³-hybridized carbons (Fsp3) is 0.300. The first-order valence-electron chi connectivity index (χ1n) is 9.82. The van der Waals surface area contributed by atoms with Crippen molar-refractivity contribution in [1.29, 1.82) is 0 Å². The number of rotatable bonds is 9. The minimum absolute atomic E-state index is 0.195. The number of hydrogen-bond donors (Lipinski definition) is 1. The van der Waals surface area contributed by atoms with Gasteiger partial charge in [0.1, 0.15) is 0 Å². The third-order valence-corrected chi connectivity index (χ3v) is 4.68. The van der Waals surface area contributed by atoms with Crippen molar-refractivity contribution in [2.75, 3.05) is 12.4 Å². The molecule has 0 aliphatic rings. The van der Waals surface area contributed by atoms with Crippen LogP contribution in [-0.4, -0.2) is 47.5 Å².